The molecule has 1 aliphatic rings. The molecule has 1 aliphatic carbocycles. The highest BCUT2D eigenvalue weighted by atomic mass is 16.5. The van der Waals surface area contributed by atoms with E-state index in [0.29, 0.717) is 24.3 Å². The predicted molar refractivity (Wildman–Crippen MR) is 119 cm³/mol. The fourth-order valence-electron chi connectivity index (χ4n) is 3.92. The van der Waals surface area contributed by atoms with Crippen molar-refractivity contribution in [3.63, 3.8) is 0 Å². The van der Waals surface area contributed by atoms with Gasteiger partial charge in [0.2, 0.25) is 11.6 Å². The van der Waals surface area contributed by atoms with Gasteiger partial charge in [-0.1, -0.05) is 45.2 Å². The van der Waals surface area contributed by atoms with Crippen molar-refractivity contribution in [2.75, 3.05) is 12.0 Å². The first-order chi connectivity index (χ1) is 14.7. The van der Waals surface area contributed by atoms with Crippen molar-refractivity contribution in [3.8, 4) is 11.8 Å². The van der Waals surface area contributed by atoms with Gasteiger partial charge in [0, 0.05) is 5.92 Å². The summed E-state index contributed by atoms with van der Waals surface area (Å²) in [6.45, 7) is 5.01. The van der Waals surface area contributed by atoms with E-state index in [0.717, 1.165) is 36.5 Å². The fraction of sp³-hybridized carbons (Fsp3) is 0.542. The fourth-order valence-corrected chi connectivity index (χ4v) is 3.92. The molecular formula is C24H32N4O2. The Hall–Kier alpha value is -2.81. The largest absolute Gasteiger partial charge is 0.494 e. The highest BCUT2D eigenvalue weighted by Gasteiger charge is 2.27. The zero-order chi connectivity index (χ0) is 21.2. The number of oxazole rings is 1. The van der Waals surface area contributed by atoms with Gasteiger partial charge in [-0.05, 0) is 55.7 Å². The molecular weight excluding hydrogens is 376 g/mol. The summed E-state index contributed by atoms with van der Waals surface area (Å²) in [5.41, 5.74) is 4.01. The molecule has 1 fully saturated rings. The summed E-state index contributed by atoms with van der Waals surface area (Å²) in [4.78, 5) is 4.43. The lowest BCUT2D eigenvalue weighted by atomic mass is 9.80. The van der Waals surface area contributed by atoms with Gasteiger partial charge in [-0.2, -0.15) is 10.4 Å². The molecule has 1 saturated carbocycles. The molecule has 30 heavy (non-hydrogen) atoms. The van der Waals surface area contributed by atoms with Crippen LogP contribution in [0.2, 0.25) is 0 Å². The Morgan fingerprint density at radius 2 is 2.10 bits per heavy atom. The van der Waals surface area contributed by atoms with Crippen LogP contribution in [0.15, 0.2) is 33.8 Å². The summed E-state index contributed by atoms with van der Waals surface area (Å²) in [5, 5.41) is 13.7. The van der Waals surface area contributed by atoms with E-state index in [4.69, 9.17) is 9.15 Å². The van der Waals surface area contributed by atoms with Crippen LogP contribution in [0.4, 0.5) is 5.88 Å². The molecule has 0 saturated heterocycles. The van der Waals surface area contributed by atoms with Gasteiger partial charge in [0.25, 0.3) is 5.88 Å². The summed E-state index contributed by atoms with van der Waals surface area (Å²) in [6, 6.07) is 9.83. The van der Waals surface area contributed by atoms with Gasteiger partial charge in [-0.25, -0.2) is 10.4 Å². The first kappa shape index (κ1) is 21.9. The average molecular weight is 409 g/mol. The zero-order valence-electron chi connectivity index (χ0n) is 18.1. The molecule has 1 N–H and O–H groups in total. The van der Waals surface area contributed by atoms with Crippen LogP contribution in [0.5, 0.6) is 5.75 Å². The van der Waals surface area contributed by atoms with E-state index in [2.05, 4.69) is 35.4 Å². The topological polar surface area (TPSA) is 83.4 Å². The second kappa shape index (κ2) is 11.4. The van der Waals surface area contributed by atoms with Crippen LogP contribution < -0.4 is 10.2 Å². The minimum atomic E-state index is 0.260. The van der Waals surface area contributed by atoms with E-state index in [9.17, 15) is 5.26 Å². The number of nitrogens with zero attached hydrogens (tertiary/aromatic N) is 3. The molecule has 0 bridgehead atoms. The van der Waals surface area contributed by atoms with Crippen molar-refractivity contribution in [3.05, 3.63) is 41.4 Å². The summed E-state index contributed by atoms with van der Waals surface area (Å²) in [6.07, 6.45) is 11.1. The normalized spacial score (nSPS) is 19.0. The number of anilines is 1. The number of aromatic nitrogens is 1. The third kappa shape index (κ3) is 6.09. The van der Waals surface area contributed by atoms with Crippen molar-refractivity contribution < 1.29 is 9.15 Å². The number of hydrazone groups is 1. The van der Waals surface area contributed by atoms with E-state index in [1.807, 2.05) is 24.3 Å². The van der Waals surface area contributed by atoms with Gasteiger partial charge >= 0.3 is 0 Å². The number of hydrogen-bond donors (Lipinski definition) is 1. The number of nitrogens with one attached hydrogen (secondary N) is 1. The van der Waals surface area contributed by atoms with E-state index in [1.165, 1.54) is 32.1 Å². The third-order valence-electron chi connectivity index (χ3n) is 5.62. The first-order valence-corrected chi connectivity index (χ1v) is 11.2. The van der Waals surface area contributed by atoms with E-state index >= 15 is 0 Å². The molecule has 0 spiro atoms. The molecule has 6 nitrogen and oxygen atoms in total. The van der Waals surface area contributed by atoms with E-state index < -0.39 is 0 Å². The molecule has 160 valence electrons. The van der Waals surface area contributed by atoms with Crippen molar-refractivity contribution >= 4 is 12.1 Å². The predicted octanol–water partition coefficient (Wildman–Crippen LogP) is 6.25. The molecule has 3 rings (SSSR count). The van der Waals surface area contributed by atoms with E-state index in [-0.39, 0.29) is 5.69 Å². The Labute approximate surface area is 179 Å². The van der Waals surface area contributed by atoms with Crippen LogP contribution in [0.1, 0.15) is 88.3 Å². The number of ether oxygens (including phenoxy) is 1. The Bertz CT molecular complexity index is 860. The number of nitriles is 1. The Kier molecular flexibility index (Phi) is 8.31. The van der Waals surface area contributed by atoms with Gasteiger partial charge in [0.1, 0.15) is 11.8 Å². The van der Waals surface area contributed by atoms with Crippen LogP contribution in [-0.4, -0.2) is 17.8 Å². The van der Waals surface area contributed by atoms with E-state index in [1.54, 1.807) is 6.21 Å². The summed E-state index contributed by atoms with van der Waals surface area (Å²) in [7, 11) is 0. The summed E-state index contributed by atoms with van der Waals surface area (Å²) < 4.78 is 11.5. The Balaban J connectivity index is 1.59. The molecule has 0 atom stereocenters. The zero-order valence-corrected chi connectivity index (χ0v) is 18.1. The summed E-state index contributed by atoms with van der Waals surface area (Å²) >= 11 is 0. The number of hydrogen-bond acceptors (Lipinski definition) is 6. The van der Waals surface area contributed by atoms with Gasteiger partial charge < -0.3 is 9.15 Å². The number of unbranched alkanes of at least 4 members (excludes halogenated alkanes) is 1. The molecule has 1 heterocycles. The Morgan fingerprint density at radius 3 is 2.83 bits per heavy atom. The first-order valence-electron chi connectivity index (χ1n) is 11.2. The van der Waals surface area contributed by atoms with Crippen molar-refractivity contribution in [2.45, 2.75) is 71.1 Å². The molecule has 6 heteroatoms. The quantitative estimate of drug-likeness (QED) is 0.371. The second-order valence-electron chi connectivity index (χ2n) is 7.99. The summed E-state index contributed by atoms with van der Waals surface area (Å²) in [5.74, 6) is 2.91. The molecule has 1 aromatic heterocycles. The Morgan fingerprint density at radius 1 is 1.27 bits per heavy atom. The highest BCUT2D eigenvalue weighted by molar-refractivity contribution is 5.80. The average Bonchev–Trinajstić information content (AvgIpc) is 3.20. The molecule has 0 unspecified atom stereocenters. The maximum atomic E-state index is 9.42. The maximum absolute atomic E-state index is 9.42. The standard InChI is InChI=1S/C24H32N4O2/c1-3-5-7-18-10-12-20(13-11-18)23-27-22(16-25)24(30-23)28-26-17-19-8-6-9-21(15-19)29-14-4-2/h6,8-9,15,17-18,20,28H,3-5,7,10-14H2,1-2H3/b26-17-. The van der Waals surface area contributed by atoms with Crippen LogP contribution >= 0.6 is 0 Å². The van der Waals surface area contributed by atoms with Gasteiger partial charge in [-0.15, -0.1) is 0 Å². The van der Waals surface area contributed by atoms with Gasteiger partial charge in [-0.3, -0.25) is 0 Å². The van der Waals surface area contributed by atoms with Crippen molar-refractivity contribution in [1.29, 1.82) is 5.26 Å². The van der Waals surface area contributed by atoms with Crippen LogP contribution in [-0.2, 0) is 0 Å². The lowest BCUT2D eigenvalue weighted by Gasteiger charge is -2.26. The number of rotatable bonds is 10. The molecule has 2 aromatic rings. The van der Waals surface area contributed by atoms with Crippen LogP contribution in [0.3, 0.4) is 0 Å². The minimum Gasteiger partial charge on any atom is -0.494 e. The SMILES string of the molecule is CCCCC1CCC(c2nc(C#N)c(N/N=C\c3cccc(OCCC)c3)o2)CC1. The monoisotopic (exact) mass is 408 g/mol. The number of benzene rings is 1. The van der Waals surface area contributed by atoms with Crippen molar-refractivity contribution in [2.24, 2.45) is 11.0 Å². The molecule has 1 aromatic carbocycles. The third-order valence-corrected chi connectivity index (χ3v) is 5.62. The maximum Gasteiger partial charge on any atom is 0.252 e. The highest BCUT2D eigenvalue weighted by Crippen LogP contribution is 2.38. The second-order valence-corrected chi connectivity index (χ2v) is 7.99. The molecule has 0 radical (unpaired) electrons. The van der Waals surface area contributed by atoms with Crippen LogP contribution in [0.25, 0.3) is 0 Å². The van der Waals surface area contributed by atoms with Gasteiger partial charge in [0.05, 0.1) is 12.8 Å². The smallest absolute Gasteiger partial charge is 0.252 e. The lowest BCUT2D eigenvalue weighted by molar-refractivity contribution is 0.278. The van der Waals surface area contributed by atoms with Crippen molar-refractivity contribution in [1.82, 2.24) is 4.98 Å². The molecule has 0 aliphatic heterocycles. The van der Waals surface area contributed by atoms with Gasteiger partial charge in [0.15, 0.2) is 0 Å². The lowest BCUT2D eigenvalue weighted by Crippen LogP contribution is -2.13. The minimum absolute atomic E-state index is 0.260. The van der Waals surface area contributed by atoms with Crippen LogP contribution in [0, 0.1) is 17.2 Å². The molecule has 0 amide bonds.